The van der Waals surface area contributed by atoms with Gasteiger partial charge in [-0.25, -0.2) is 0 Å². The van der Waals surface area contributed by atoms with Gasteiger partial charge in [0.1, 0.15) is 11.7 Å². The molecule has 2 saturated heterocycles. The second-order valence-electron chi connectivity index (χ2n) is 13.4. The number of alkyl halides is 2. The van der Waals surface area contributed by atoms with Crippen LogP contribution >= 0.6 is 20.1 Å². The molecule has 1 atom stereocenters. The molecule has 1 aromatic heterocycles. The second-order valence-corrected chi connectivity index (χ2v) is 19.3. The minimum atomic E-state index is -1.14. The molecule has 0 spiro atoms. The van der Waals surface area contributed by atoms with Gasteiger partial charge in [0.15, 0.2) is 5.82 Å². The summed E-state index contributed by atoms with van der Waals surface area (Å²) in [5, 5.41) is 3.34. The van der Waals surface area contributed by atoms with E-state index in [-0.39, 0.29) is 23.9 Å². The summed E-state index contributed by atoms with van der Waals surface area (Å²) in [4.78, 5) is 47.0. The number of fused-ring (bicyclic) bond motifs is 2. The number of piperazine rings is 1. The molecule has 248 valence electrons. The first-order valence-electron chi connectivity index (χ1n) is 17.0. The molecule has 1 saturated carbocycles. The third kappa shape index (κ3) is 6.36. The predicted molar refractivity (Wildman–Crippen MR) is 192 cm³/mol. The van der Waals surface area contributed by atoms with Crippen molar-refractivity contribution in [2.24, 2.45) is 10.9 Å². The van der Waals surface area contributed by atoms with E-state index >= 15 is 0 Å². The fourth-order valence-electron chi connectivity index (χ4n) is 7.17. The fourth-order valence-corrected chi connectivity index (χ4v) is 13.4. The molecule has 2 amide bonds. The van der Waals surface area contributed by atoms with E-state index in [0.29, 0.717) is 42.4 Å². The van der Waals surface area contributed by atoms with E-state index in [4.69, 9.17) is 9.72 Å². The number of amides is 2. The number of halogens is 1. The Morgan fingerprint density at radius 1 is 1.13 bits per heavy atom. The number of aromatic nitrogens is 2. The number of rotatable bonds is 8. The molecule has 1 aromatic carbocycles. The van der Waals surface area contributed by atoms with Crippen molar-refractivity contribution in [1.82, 2.24) is 18.0 Å². The van der Waals surface area contributed by atoms with E-state index in [9.17, 15) is 9.59 Å². The fraction of sp³-hybridized carbons (Fsp3) is 0.618. The van der Waals surface area contributed by atoms with E-state index in [1.165, 1.54) is 54.4 Å². The molecule has 4 aliphatic heterocycles. The van der Waals surface area contributed by atoms with Crippen LogP contribution in [0.25, 0.3) is 0 Å². The number of aliphatic imine (C=N–C) groups is 1. The predicted octanol–water partition coefficient (Wildman–Crippen LogP) is 4.95. The average Bonchev–Trinajstić information content (AvgIpc) is 3.73. The molecule has 46 heavy (non-hydrogen) atoms. The summed E-state index contributed by atoms with van der Waals surface area (Å²) in [6.45, 7) is 12.9. The van der Waals surface area contributed by atoms with E-state index in [1.54, 1.807) is 18.1 Å². The molecule has 2 aromatic rings. The molecule has 0 bridgehead atoms. The Morgan fingerprint density at radius 3 is 2.59 bits per heavy atom. The first-order chi connectivity index (χ1) is 22.3. The van der Waals surface area contributed by atoms with Gasteiger partial charge >= 0.3 is 196 Å². The van der Waals surface area contributed by atoms with E-state index in [2.05, 4.69) is 42.1 Å². The van der Waals surface area contributed by atoms with Gasteiger partial charge in [0, 0.05) is 13.1 Å². The zero-order valence-electron chi connectivity index (χ0n) is 27.6. The minimum Gasteiger partial charge on any atom is -0.340 e. The van der Waals surface area contributed by atoms with Crippen molar-refractivity contribution in [3.63, 3.8) is 0 Å². The van der Waals surface area contributed by atoms with Crippen molar-refractivity contribution in [3.8, 4) is 5.75 Å². The number of likely N-dealkylation sites (N-methyl/N-ethyl adjacent to an activating group) is 1. The van der Waals surface area contributed by atoms with Crippen molar-refractivity contribution in [3.05, 3.63) is 29.5 Å². The summed E-state index contributed by atoms with van der Waals surface area (Å²) < 4.78 is 11.4. The van der Waals surface area contributed by atoms with Crippen LogP contribution < -0.4 is 19.9 Å². The summed E-state index contributed by atoms with van der Waals surface area (Å²) in [6.07, 6.45) is 7.83. The number of ether oxygens (including phenoxy) is 1. The summed E-state index contributed by atoms with van der Waals surface area (Å²) >= 11 is -1.14. The van der Waals surface area contributed by atoms with Crippen molar-refractivity contribution in [1.29, 1.82) is 0 Å². The smallest absolute Gasteiger partial charge is 0.340 e. The van der Waals surface area contributed by atoms with Crippen LogP contribution in [-0.2, 0) is 11.2 Å². The number of hydrogen-bond acceptors (Lipinski definition) is 9. The Morgan fingerprint density at radius 2 is 1.89 bits per heavy atom. The average molecular weight is 743 g/mol. The number of carbonyl (C=O) groups is 2. The standard InChI is InChI=1S/C34H47IN8O3/c1-5-28-33(45)40(4)29-20-36-34(39-31(29)43(28)22(2)3)38-27-9-8-26(25-12-19-46-30(25)27)32(44)37-24-10-13-35(14-11-24)42-17-15-41(16-18-42)21-23-6-7-23/h8-9,20,22-23,28H,5-7,10-19,21H2,1-4H3,(H,36,38,39). The van der Waals surface area contributed by atoms with Gasteiger partial charge in [-0.1, -0.05) is 6.92 Å². The van der Waals surface area contributed by atoms with Gasteiger partial charge in [-0.2, -0.15) is 0 Å². The van der Waals surface area contributed by atoms with Crippen LogP contribution in [0.2, 0.25) is 0 Å². The first kappa shape index (κ1) is 31.7. The molecule has 5 heterocycles. The first-order valence-corrected chi connectivity index (χ1v) is 21.0. The van der Waals surface area contributed by atoms with Gasteiger partial charge in [-0.15, -0.1) is 0 Å². The third-order valence-corrected chi connectivity index (χ3v) is 16.4. The Hall–Kier alpha value is -2.84. The Kier molecular flexibility index (Phi) is 9.21. The maximum atomic E-state index is 13.5. The summed E-state index contributed by atoms with van der Waals surface area (Å²) in [5.74, 6) is 2.69. The molecule has 5 aliphatic rings. The molecule has 11 nitrogen and oxygen atoms in total. The van der Waals surface area contributed by atoms with Gasteiger partial charge < -0.3 is 9.80 Å². The van der Waals surface area contributed by atoms with Crippen LogP contribution in [0.15, 0.2) is 23.3 Å². The normalized spacial score (nSPS) is 23.0. The SMILES string of the molecule is CCC1C(=O)N(C)c2cnc(Nc3ccc(C(=O)N=C4CCI(N5CCN(CC6CC6)CC5)CC4)c4c3OCC4)nc2N1C(C)C. The van der Waals surface area contributed by atoms with Crippen LogP contribution in [0.3, 0.4) is 0 Å². The Bertz CT molecular complexity index is 1510. The topological polar surface area (TPSA) is 106 Å². The van der Waals surface area contributed by atoms with Gasteiger partial charge in [-0.3, -0.25) is 4.79 Å². The van der Waals surface area contributed by atoms with Crippen LogP contribution in [0.1, 0.15) is 68.8 Å². The van der Waals surface area contributed by atoms with Crippen molar-refractivity contribution >= 4 is 60.8 Å². The van der Waals surface area contributed by atoms with Gasteiger partial charge in [0.05, 0.1) is 6.20 Å². The van der Waals surface area contributed by atoms with E-state index in [0.717, 1.165) is 41.5 Å². The zero-order valence-corrected chi connectivity index (χ0v) is 29.8. The molecule has 1 unspecified atom stereocenters. The number of anilines is 4. The molecule has 12 heteroatoms. The molecule has 1 N–H and O–H groups in total. The van der Waals surface area contributed by atoms with Crippen LogP contribution in [0, 0.1) is 5.92 Å². The number of nitrogens with one attached hydrogen (secondary N) is 1. The number of carbonyl (C=O) groups excluding carboxylic acids is 2. The van der Waals surface area contributed by atoms with Crippen molar-refractivity contribution in [2.75, 3.05) is 70.4 Å². The summed E-state index contributed by atoms with van der Waals surface area (Å²) in [6, 6.07) is 3.56. The van der Waals surface area contributed by atoms with Crippen LogP contribution in [0.5, 0.6) is 5.75 Å². The van der Waals surface area contributed by atoms with Gasteiger partial charge in [0.2, 0.25) is 5.91 Å². The summed E-state index contributed by atoms with van der Waals surface area (Å²) in [7, 11) is 1.78. The summed E-state index contributed by atoms with van der Waals surface area (Å²) in [5.41, 5.74) is 4.00. The Labute approximate surface area is 279 Å². The van der Waals surface area contributed by atoms with Crippen LogP contribution in [0.4, 0.5) is 23.1 Å². The van der Waals surface area contributed by atoms with E-state index in [1.807, 2.05) is 19.1 Å². The molecular formula is C34H47IN8O3. The molecule has 7 rings (SSSR count). The molecule has 0 radical (unpaired) electrons. The number of hydrogen-bond donors (Lipinski definition) is 1. The number of nitrogens with zero attached hydrogens (tertiary/aromatic N) is 7. The second kappa shape index (κ2) is 13.3. The number of benzene rings is 1. The zero-order chi connectivity index (χ0) is 31.9. The van der Waals surface area contributed by atoms with Crippen molar-refractivity contribution < 1.29 is 14.3 Å². The third-order valence-electron chi connectivity index (χ3n) is 9.92. The van der Waals surface area contributed by atoms with Gasteiger partial charge in [0.25, 0.3) is 0 Å². The molecular weight excluding hydrogens is 695 g/mol. The minimum absolute atomic E-state index is 0.0518. The Balaban J connectivity index is 1.02. The maximum absolute atomic E-state index is 13.5. The molecule has 3 fully saturated rings. The monoisotopic (exact) mass is 742 g/mol. The van der Waals surface area contributed by atoms with Gasteiger partial charge in [-0.05, 0) is 20.3 Å². The van der Waals surface area contributed by atoms with Crippen molar-refractivity contribution in [2.45, 2.75) is 71.4 Å². The quantitative estimate of drug-likeness (QED) is 0.229. The molecule has 1 aliphatic carbocycles. The van der Waals surface area contributed by atoms with Crippen LogP contribution in [-0.4, -0.2) is 103 Å². The van der Waals surface area contributed by atoms with E-state index < -0.39 is 20.1 Å².